The summed E-state index contributed by atoms with van der Waals surface area (Å²) in [5, 5.41) is 9.44. The highest BCUT2D eigenvalue weighted by atomic mass is 28.3. The van der Waals surface area contributed by atoms with Crippen LogP contribution in [0.3, 0.4) is 0 Å². The van der Waals surface area contributed by atoms with Crippen LogP contribution in [0.5, 0.6) is 0 Å². The first-order chi connectivity index (χ1) is 5.95. The predicted octanol–water partition coefficient (Wildman–Crippen LogP) is 2.58. The minimum absolute atomic E-state index is 0.477. The lowest BCUT2D eigenvalue weighted by Gasteiger charge is -2.05. The van der Waals surface area contributed by atoms with Gasteiger partial charge in [-0.1, -0.05) is 44.6 Å². The molecular formula is C11H20OSi. The molecule has 0 fully saturated rings. The molecule has 0 aromatic rings. The maximum atomic E-state index is 9.44. The molecule has 0 aliphatic heterocycles. The van der Waals surface area contributed by atoms with E-state index in [0.29, 0.717) is 6.42 Å². The van der Waals surface area contributed by atoms with Crippen molar-refractivity contribution in [2.75, 3.05) is 0 Å². The Morgan fingerprint density at radius 2 is 1.92 bits per heavy atom. The van der Waals surface area contributed by atoms with E-state index < -0.39 is 14.2 Å². The maximum Gasteiger partial charge on any atom is 0.129 e. The van der Waals surface area contributed by atoms with E-state index in [1.165, 1.54) is 0 Å². The summed E-state index contributed by atoms with van der Waals surface area (Å²) in [6, 6.07) is 0. The van der Waals surface area contributed by atoms with Crippen molar-refractivity contribution in [1.82, 2.24) is 0 Å². The second-order valence-electron chi connectivity index (χ2n) is 4.15. The summed E-state index contributed by atoms with van der Waals surface area (Å²) in [4.78, 5) is 0. The van der Waals surface area contributed by atoms with Crippen LogP contribution in [-0.2, 0) is 0 Å². The average molecular weight is 196 g/mol. The Morgan fingerprint density at radius 1 is 1.31 bits per heavy atom. The molecule has 0 aromatic carbocycles. The molecule has 2 heteroatoms. The summed E-state index contributed by atoms with van der Waals surface area (Å²) in [6.07, 6.45) is 5.25. The van der Waals surface area contributed by atoms with Gasteiger partial charge >= 0.3 is 0 Å². The Balaban J connectivity index is 3.91. The van der Waals surface area contributed by atoms with E-state index in [2.05, 4.69) is 44.1 Å². The first kappa shape index (κ1) is 12.5. The van der Waals surface area contributed by atoms with Gasteiger partial charge in [-0.25, -0.2) is 0 Å². The first-order valence-electron chi connectivity index (χ1n) is 4.81. The van der Waals surface area contributed by atoms with Gasteiger partial charge in [0.25, 0.3) is 0 Å². The van der Waals surface area contributed by atoms with Crippen LogP contribution in [0.15, 0.2) is 12.2 Å². The number of hydrogen-bond acceptors (Lipinski definition) is 1. The second kappa shape index (κ2) is 6.01. The maximum absolute atomic E-state index is 9.44. The molecule has 0 aromatic heterocycles. The van der Waals surface area contributed by atoms with Crippen molar-refractivity contribution in [3.63, 3.8) is 0 Å². The SMILES string of the molecule is CC/C=C/C[C@@H](O)C#C[Si](C)(C)C. The number of allylic oxidation sites excluding steroid dienone is 1. The van der Waals surface area contributed by atoms with Crippen molar-refractivity contribution >= 4 is 8.07 Å². The lowest BCUT2D eigenvalue weighted by molar-refractivity contribution is 0.236. The van der Waals surface area contributed by atoms with Gasteiger partial charge in [-0.15, -0.1) is 5.54 Å². The molecule has 0 heterocycles. The summed E-state index contributed by atoms with van der Waals surface area (Å²) in [5.74, 6) is 2.90. The van der Waals surface area contributed by atoms with Crippen LogP contribution in [0.25, 0.3) is 0 Å². The van der Waals surface area contributed by atoms with E-state index in [1.54, 1.807) is 0 Å². The lowest BCUT2D eigenvalue weighted by atomic mass is 10.2. The Bertz CT molecular complexity index is 214. The molecule has 0 radical (unpaired) electrons. The van der Waals surface area contributed by atoms with Crippen LogP contribution in [-0.4, -0.2) is 19.3 Å². The fourth-order valence-electron chi connectivity index (χ4n) is 0.751. The zero-order valence-corrected chi connectivity index (χ0v) is 10.1. The van der Waals surface area contributed by atoms with E-state index in [0.717, 1.165) is 6.42 Å². The second-order valence-corrected chi connectivity index (χ2v) is 8.90. The highest BCUT2D eigenvalue weighted by Gasteiger charge is 2.08. The fraction of sp³-hybridized carbons (Fsp3) is 0.636. The minimum atomic E-state index is -1.31. The van der Waals surface area contributed by atoms with Crippen LogP contribution in [0.4, 0.5) is 0 Å². The first-order valence-corrected chi connectivity index (χ1v) is 8.31. The van der Waals surface area contributed by atoms with Crippen LogP contribution >= 0.6 is 0 Å². The third kappa shape index (κ3) is 9.39. The van der Waals surface area contributed by atoms with Crippen LogP contribution in [0.2, 0.25) is 19.6 Å². The molecule has 0 unspecified atom stereocenters. The topological polar surface area (TPSA) is 20.2 Å². The molecule has 0 saturated heterocycles. The van der Waals surface area contributed by atoms with Crippen molar-refractivity contribution in [2.24, 2.45) is 0 Å². The van der Waals surface area contributed by atoms with Crippen LogP contribution in [0, 0.1) is 11.5 Å². The number of hydrogen-bond donors (Lipinski definition) is 1. The molecule has 0 rings (SSSR count). The molecule has 0 aliphatic rings. The van der Waals surface area contributed by atoms with Crippen molar-refractivity contribution in [1.29, 1.82) is 0 Å². The molecular weight excluding hydrogens is 176 g/mol. The highest BCUT2D eigenvalue weighted by molar-refractivity contribution is 6.83. The lowest BCUT2D eigenvalue weighted by Crippen LogP contribution is -2.17. The Kier molecular flexibility index (Phi) is 5.77. The van der Waals surface area contributed by atoms with Gasteiger partial charge in [0, 0.05) is 6.42 Å². The molecule has 0 saturated carbocycles. The Labute approximate surface area is 82.9 Å². The van der Waals surface area contributed by atoms with E-state index in [1.807, 2.05) is 6.08 Å². The predicted molar refractivity (Wildman–Crippen MR) is 61.2 cm³/mol. The van der Waals surface area contributed by atoms with Gasteiger partial charge in [-0.3, -0.25) is 0 Å². The zero-order chi connectivity index (χ0) is 10.3. The molecule has 0 bridgehead atoms. The van der Waals surface area contributed by atoms with Crippen molar-refractivity contribution in [3.05, 3.63) is 12.2 Å². The highest BCUT2D eigenvalue weighted by Crippen LogP contribution is 1.98. The van der Waals surface area contributed by atoms with Crippen LogP contribution < -0.4 is 0 Å². The van der Waals surface area contributed by atoms with Gasteiger partial charge in [0.1, 0.15) is 14.2 Å². The Morgan fingerprint density at radius 3 is 2.38 bits per heavy atom. The Hall–Kier alpha value is -0.523. The largest absolute Gasteiger partial charge is 0.380 e. The van der Waals surface area contributed by atoms with Crippen molar-refractivity contribution < 1.29 is 5.11 Å². The molecule has 1 nitrogen and oxygen atoms in total. The quantitative estimate of drug-likeness (QED) is 0.418. The molecule has 13 heavy (non-hydrogen) atoms. The molecule has 1 atom stereocenters. The number of aliphatic hydroxyl groups excluding tert-OH is 1. The van der Waals surface area contributed by atoms with Gasteiger partial charge in [0.15, 0.2) is 0 Å². The van der Waals surface area contributed by atoms with E-state index in [-0.39, 0.29) is 0 Å². The average Bonchev–Trinajstić information content (AvgIpc) is 2.00. The monoisotopic (exact) mass is 196 g/mol. The molecule has 0 amide bonds. The number of rotatable bonds is 3. The number of aliphatic hydroxyl groups is 1. The molecule has 0 spiro atoms. The molecule has 74 valence electrons. The van der Waals surface area contributed by atoms with Gasteiger partial charge in [0.05, 0.1) is 0 Å². The van der Waals surface area contributed by atoms with Gasteiger partial charge in [-0.05, 0) is 6.42 Å². The summed E-state index contributed by atoms with van der Waals surface area (Å²) in [5.41, 5.74) is 3.15. The van der Waals surface area contributed by atoms with Gasteiger partial charge in [0.2, 0.25) is 0 Å². The van der Waals surface area contributed by atoms with E-state index >= 15 is 0 Å². The summed E-state index contributed by atoms with van der Waals surface area (Å²) in [6.45, 7) is 8.61. The third-order valence-electron chi connectivity index (χ3n) is 1.38. The zero-order valence-electron chi connectivity index (χ0n) is 9.09. The fourth-order valence-corrected chi connectivity index (χ4v) is 1.35. The third-order valence-corrected chi connectivity index (χ3v) is 2.27. The summed E-state index contributed by atoms with van der Waals surface area (Å²) in [7, 11) is -1.31. The van der Waals surface area contributed by atoms with Gasteiger partial charge < -0.3 is 5.11 Å². The molecule has 1 N–H and O–H groups in total. The standard InChI is InChI=1S/C11H20OSi/c1-5-6-7-8-11(12)9-10-13(2,3)4/h6-7,11-12H,5,8H2,1-4H3/b7-6+/t11-/m1/s1. The summed E-state index contributed by atoms with van der Waals surface area (Å²) < 4.78 is 0. The minimum Gasteiger partial charge on any atom is -0.380 e. The van der Waals surface area contributed by atoms with Crippen molar-refractivity contribution in [2.45, 2.75) is 45.5 Å². The molecule has 0 aliphatic carbocycles. The van der Waals surface area contributed by atoms with E-state index in [4.69, 9.17) is 0 Å². The van der Waals surface area contributed by atoms with Gasteiger partial charge in [-0.2, -0.15) is 0 Å². The summed E-state index contributed by atoms with van der Waals surface area (Å²) >= 11 is 0. The van der Waals surface area contributed by atoms with Crippen molar-refractivity contribution in [3.8, 4) is 11.5 Å². The van der Waals surface area contributed by atoms with E-state index in [9.17, 15) is 5.11 Å². The smallest absolute Gasteiger partial charge is 0.129 e. The normalized spacial score (nSPS) is 13.9. The van der Waals surface area contributed by atoms with Crippen LogP contribution in [0.1, 0.15) is 19.8 Å².